The maximum absolute atomic E-state index is 11.6. The van der Waals surface area contributed by atoms with Gasteiger partial charge in [-0.05, 0) is 73.0 Å². The van der Waals surface area contributed by atoms with Gasteiger partial charge in [0.2, 0.25) is 11.8 Å². The van der Waals surface area contributed by atoms with Crippen molar-refractivity contribution in [2.45, 2.75) is 25.7 Å². The Balaban J connectivity index is 4.17. The molecule has 0 unspecified atom stereocenters. The van der Waals surface area contributed by atoms with Crippen LogP contribution in [-0.4, -0.2) is 62.9 Å². The molecule has 0 aliphatic carbocycles. The van der Waals surface area contributed by atoms with E-state index in [4.69, 9.17) is 5.73 Å². The molecule has 0 heterocycles. The van der Waals surface area contributed by atoms with E-state index in [1.807, 2.05) is 39.2 Å². The minimum atomic E-state index is -0.492. The predicted octanol–water partition coefficient (Wildman–Crippen LogP) is 0.712. The number of nitrogens with two attached hydrogens (primary N) is 1. The van der Waals surface area contributed by atoms with Crippen LogP contribution in [-0.2, 0) is 9.59 Å². The molecule has 0 aliphatic rings. The van der Waals surface area contributed by atoms with E-state index < -0.39 is 5.91 Å². The average molecular weight is 310 g/mol. The summed E-state index contributed by atoms with van der Waals surface area (Å²) in [5.74, 6) is -0.731. The van der Waals surface area contributed by atoms with Crippen LogP contribution < -0.4 is 11.1 Å². The van der Waals surface area contributed by atoms with E-state index in [0.717, 1.165) is 32.4 Å². The van der Waals surface area contributed by atoms with E-state index in [1.54, 1.807) is 0 Å². The van der Waals surface area contributed by atoms with Crippen molar-refractivity contribution in [3.63, 3.8) is 0 Å². The molecule has 0 saturated carbocycles. The fraction of sp³-hybridized carbons (Fsp3) is 0.625. The lowest BCUT2D eigenvalue weighted by Gasteiger charge is -2.09. The van der Waals surface area contributed by atoms with E-state index >= 15 is 0 Å². The van der Waals surface area contributed by atoms with Crippen LogP contribution in [0.2, 0.25) is 0 Å². The van der Waals surface area contributed by atoms with Crippen molar-refractivity contribution in [3.05, 3.63) is 23.9 Å². The molecule has 0 atom stereocenters. The van der Waals surface area contributed by atoms with Crippen molar-refractivity contribution in [2.24, 2.45) is 5.73 Å². The first-order valence-electron chi connectivity index (χ1n) is 7.58. The van der Waals surface area contributed by atoms with E-state index in [2.05, 4.69) is 10.2 Å². The van der Waals surface area contributed by atoms with Gasteiger partial charge in [0.1, 0.15) is 0 Å². The van der Waals surface area contributed by atoms with Crippen molar-refractivity contribution in [2.75, 3.05) is 41.3 Å². The number of rotatable bonds is 11. The van der Waals surface area contributed by atoms with Gasteiger partial charge in [0, 0.05) is 11.8 Å². The summed E-state index contributed by atoms with van der Waals surface area (Å²) in [6.07, 6.45) is 7.97. The number of nitrogens with one attached hydrogen (secondary N) is 1. The van der Waals surface area contributed by atoms with Crippen LogP contribution in [0.1, 0.15) is 25.7 Å². The molecule has 0 aliphatic heterocycles. The zero-order chi connectivity index (χ0) is 17.0. The summed E-state index contributed by atoms with van der Waals surface area (Å²) in [6.45, 7) is 1.86. The summed E-state index contributed by atoms with van der Waals surface area (Å²) in [5.41, 5.74) is 5.75. The second kappa shape index (κ2) is 11.9. The summed E-state index contributed by atoms with van der Waals surface area (Å²) >= 11 is 0. The van der Waals surface area contributed by atoms with E-state index in [0.29, 0.717) is 12.0 Å². The Labute approximate surface area is 134 Å². The third kappa shape index (κ3) is 12.1. The zero-order valence-electron chi connectivity index (χ0n) is 14.3. The molecule has 0 aromatic rings. The zero-order valence-corrected chi connectivity index (χ0v) is 14.3. The highest BCUT2D eigenvalue weighted by Crippen LogP contribution is 2.04. The first kappa shape index (κ1) is 20.3. The van der Waals surface area contributed by atoms with Gasteiger partial charge in [0.15, 0.2) is 0 Å². The number of allylic oxidation sites excluding steroid dienone is 1. The summed E-state index contributed by atoms with van der Waals surface area (Å²) in [4.78, 5) is 27.1. The van der Waals surface area contributed by atoms with Crippen molar-refractivity contribution in [1.29, 1.82) is 0 Å². The number of unbranched alkanes of at least 4 members (excludes halogenated alkanes) is 1. The van der Waals surface area contributed by atoms with Gasteiger partial charge >= 0.3 is 0 Å². The van der Waals surface area contributed by atoms with Gasteiger partial charge in [0.05, 0.1) is 0 Å². The molecule has 0 spiro atoms. The molecule has 0 saturated heterocycles. The van der Waals surface area contributed by atoms with Gasteiger partial charge in [-0.2, -0.15) is 0 Å². The van der Waals surface area contributed by atoms with Crippen LogP contribution in [0.25, 0.3) is 0 Å². The largest absolute Gasteiger partial charge is 0.366 e. The number of hydrogen-bond donors (Lipinski definition) is 2. The van der Waals surface area contributed by atoms with E-state index in [1.165, 1.54) is 12.3 Å². The maximum Gasteiger partial charge on any atom is 0.247 e. The molecule has 0 bridgehead atoms. The van der Waals surface area contributed by atoms with E-state index in [-0.39, 0.29) is 5.91 Å². The van der Waals surface area contributed by atoms with Crippen molar-refractivity contribution < 1.29 is 9.59 Å². The fourth-order valence-electron chi connectivity index (χ4n) is 1.77. The first-order valence-corrected chi connectivity index (χ1v) is 7.58. The number of nitrogens with zero attached hydrogens (tertiary/aromatic N) is 2. The first-order chi connectivity index (χ1) is 10.3. The van der Waals surface area contributed by atoms with Crippen LogP contribution in [0.4, 0.5) is 0 Å². The van der Waals surface area contributed by atoms with Gasteiger partial charge in [-0.25, -0.2) is 0 Å². The van der Waals surface area contributed by atoms with Crippen LogP contribution in [0.5, 0.6) is 0 Å². The molecular weight excluding hydrogens is 280 g/mol. The molecule has 6 nitrogen and oxygen atoms in total. The van der Waals surface area contributed by atoms with Gasteiger partial charge < -0.3 is 20.9 Å². The summed E-state index contributed by atoms with van der Waals surface area (Å²) in [6, 6.07) is 0. The SMILES string of the molecule is CN(C)CCCC=CC(=O)NC=C(CCCN(C)C)C(N)=O. The molecular formula is C16H30N4O2. The molecule has 0 aromatic heterocycles. The van der Waals surface area contributed by atoms with Crippen molar-refractivity contribution in [3.8, 4) is 0 Å². The quantitative estimate of drug-likeness (QED) is 0.435. The molecule has 6 heteroatoms. The van der Waals surface area contributed by atoms with Crippen LogP contribution in [0.15, 0.2) is 23.9 Å². The van der Waals surface area contributed by atoms with Gasteiger partial charge in [0.25, 0.3) is 0 Å². The molecule has 0 aromatic carbocycles. The lowest BCUT2D eigenvalue weighted by atomic mass is 10.1. The molecule has 22 heavy (non-hydrogen) atoms. The fourth-order valence-corrected chi connectivity index (χ4v) is 1.77. The average Bonchev–Trinajstić information content (AvgIpc) is 2.41. The monoisotopic (exact) mass is 310 g/mol. The normalized spacial score (nSPS) is 12.4. The number of carbonyl (C=O) groups excluding carboxylic acids is 2. The topological polar surface area (TPSA) is 78.7 Å². The summed E-state index contributed by atoms with van der Waals surface area (Å²) in [5, 5.41) is 2.59. The Morgan fingerprint density at radius 3 is 2.18 bits per heavy atom. The minimum absolute atomic E-state index is 0.240. The number of carbonyl (C=O) groups is 2. The Hall–Kier alpha value is -1.66. The highest BCUT2D eigenvalue weighted by Gasteiger charge is 2.05. The number of primary amides is 1. The number of hydrogen-bond acceptors (Lipinski definition) is 4. The van der Waals surface area contributed by atoms with Gasteiger partial charge in [-0.3, -0.25) is 9.59 Å². The smallest absolute Gasteiger partial charge is 0.247 e. The highest BCUT2D eigenvalue weighted by molar-refractivity contribution is 5.93. The van der Waals surface area contributed by atoms with Crippen LogP contribution in [0.3, 0.4) is 0 Å². The Morgan fingerprint density at radius 1 is 1.05 bits per heavy atom. The Morgan fingerprint density at radius 2 is 1.64 bits per heavy atom. The van der Waals surface area contributed by atoms with Crippen molar-refractivity contribution in [1.82, 2.24) is 15.1 Å². The maximum atomic E-state index is 11.6. The molecule has 2 amide bonds. The molecule has 3 N–H and O–H groups in total. The lowest BCUT2D eigenvalue weighted by Crippen LogP contribution is -2.21. The third-order valence-electron chi connectivity index (χ3n) is 3.00. The van der Waals surface area contributed by atoms with E-state index in [9.17, 15) is 9.59 Å². The van der Waals surface area contributed by atoms with Crippen LogP contribution >= 0.6 is 0 Å². The van der Waals surface area contributed by atoms with Crippen molar-refractivity contribution >= 4 is 11.8 Å². The Kier molecular flexibility index (Phi) is 11.0. The predicted molar refractivity (Wildman–Crippen MR) is 90.1 cm³/mol. The standard InChI is InChI=1S/C16H30N4O2/c1-19(2)11-7-5-6-10-15(21)18-13-14(16(17)22)9-8-12-20(3)4/h6,10,13H,5,7-9,11-12H2,1-4H3,(H2,17,22)(H,18,21). The highest BCUT2D eigenvalue weighted by atomic mass is 16.2. The molecule has 126 valence electrons. The molecule has 0 fully saturated rings. The second-order valence-corrected chi connectivity index (χ2v) is 5.80. The van der Waals surface area contributed by atoms with Crippen LogP contribution in [0, 0.1) is 0 Å². The van der Waals surface area contributed by atoms with Gasteiger partial charge in [-0.1, -0.05) is 6.08 Å². The third-order valence-corrected chi connectivity index (χ3v) is 3.00. The minimum Gasteiger partial charge on any atom is -0.366 e. The summed E-state index contributed by atoms with van der Waals surface area (Å²) in [7, 11) is 7.97. The second-order valence-electron chi connectivity index (χ2n) is 5.80. The molecule has 0 rings (SSSR count). The molecule has 0 radical (unpaired) electrons. The number of amides is 2. The van der Waals surface area contributed by atoms with Gasteiger partial charge in [-0.15, -0.1) is 0 Å². The Bertz CT molecular complexity index is 401. The summed E-state index contributed by atoms with van der Waals surface area (Å²) < 4.78 is 0. The lowest BCUT2D eigenvalue weighted by molar-refractivity contribution is -0.115.